The van der Waals surface area contributed by atoms with Crippen LogP contribution in [-0.4, -0.2) is 30.1 Å². The van der Waals surface area contributed by atoms with Crippen LogP contribution in [0.25, 0.3) is 10.9 Å². The average molecular weight is 443 g/mol. The van der Waals surface area contributed by atoms with Gasteiger partial charge in [-0.1, -0.05) is 67.8 Å². The first-order valence-electron chi connectivity index (χ1n) is 11.8. The van der Waals surface area contributed by atoms with Crippen molar-refractivity contribution < 1.29 is 0 Å². The Bertz CT molecular complexity index is 1270. The Morgan fingerprint density at radius 2 is 1.82 bits per heavy atom. The number of benzene rings is 2. The summed E-state index contributed by atoms with van der Waals surface area (Å²) in [5.74, 6) is 0.867. The van der Waals surface area contributed by atoms with Gasteiger partial charge >= 0.3 is 0 Å². The molecule has 0 unspecified atom stereocenters. The zero-order chi connectivity index (χ0) is 22.6. The van der Waals surface area contributed by atoms with Crippen molar-refractivity contribution in [3.63, 3.8) is 0 Å². The first-order valence-corrected chi connectivity index (χ1v) is 11.8. The van der Waals surface area contributed by atoms with E-state index in [9.17, 15) is 4.79 Å². The Morgan fingerprint density at radius 3 is 2.64 bits per heavy atom. The van der Waals surface area contributed by atoms with Gasteiger partial charge in [0.15, 0.2) is 5.82 Å². The van der Waals surface area contributed by atoms with Crippen molar-refractivity contribution >= 4 is 10.9 Å². The molecule has 0 spiro atoms. The summed E-state index contributed by atoms with van der Waals surface area (Å²) in [5.41, 5.74) is 3.88. The minimum atomic E-state index is -0.0401. The maximum Gasteiger partial charge on any atom is 0.252 e. The number of aromatic amines is 1. The third-order valence-electron chi connectivity index (χ3n) is 6.65. The van der Waals surface area contributed by atoms with E-state index in [1.807, 2.05) is 54.1 Å². The highest BCUT2D eigenvalue weighted by molar-refractivity contribution is 5.81. The molecule has 7 heteroatoms. The summed E-state index contributed by atoms with van der Waals surface area (Å²) in [6.45, 7) is 3.84. The normalized spacial score (nSPS) is 14.8. The fourth-order valence-electron chi connectivity index (χ4n) is 4.92. The standard InChI is InChI=1S/C26H30N6O/c1-19-9-8-12-21-15-22(26(33)27-25(19)21)17-31(16-20-10-4-2-5-11-20)18-24-28-29-30-32(24)23-13-6-3-7-14-23/h2,4-5,8-12,15,23H,3,6-7,13-14,16-18H2,1H3,(H,27,33). The van der Waals surface area contributed by atoms with Gasteiger partial charge in [-0.05, 0) is 52.8 Å². The Morgan fingerprint density at radius 1 is 1.00 bits per heavy atom. The van der Waals surface area contributed by atoms with Gasteiger partial charge in [0.2, 0.25) is 0 Å². The maximum atomic E-state index is 13.0. The second-order valence-corrected chi connectivity index (χ2v) is 9.13. The lowest BCUT2D eigenvalue weighted by Crippen LogP contribution is -2.29. The third-order valence-corrected chi connectivity index (χ3v) is 6.65. The molecular weight excluding hydrogens is 412 g/mol. The van der Waals surface area contributed by atoms with Crippen LogP contribution in [0.1, 0.15) is 60.7 Å². The van der Waals surface area contributed by atoms with Gasteiger partial charge in [-0.2, -0.15) is 0 Å². The van der Waals surface area contributed by atoms with Crippen LogP contribution < -0.4 is 5.56 Å². The Labute approximate surface area is 193 Å². The molecule has 0 radical (unpaired) electrons. The molecule has 170 valence electrons. The van der Waals surface area contributed by atoms with Crippen LogP contribution >= 0.6 is 0 Å². The number of pyridine rings is 1. The number of tetrazole rings is 1. The molecule has 0 aliphatic heterocycles. The summed E-state index contributed by atoms with van der Waals surface area (Å²) in [4.78, 5) is 18.3. The summed E-state index contributed by atoms with van der Waals surface area (Å²) in [6.07, 6.45) is 5.99. The number of aryl methyl sites for hydroxylation is 1. The minimum absolute atomic E-state index is 0.0401. The molecule has 0 amide bonds. The van der Waals surface area contributed by atoms with Crippen LogP contribution in [0, 0.1) is 6.92 Å². The summed E-state index contributed by atoms with van der Waals surface area (Å²) >= 11 is 0. The summed E-state index contributed by atoms with van der Waals surface area (Å²) in [6, 6.07) is 18.8. The third kappa shape index (κ3) is 4.88. The van der Waals surface area contributed by atoms with Crippen LogP contribution in [0.2, 0.25) is 0 Å². The predicted molar refractivity (Wildman–Crippen MR) is 129 cm³/mol. The number of rotatable bonds is 7. The van der Waals surface area contributed by atoms with Crippen LogP contribution in [0.3, 0.4) is 0 Å². The van der Waals surface area contributed by atoms with E-state index in [2.05, 4.69) is 37.5 Å². The molecule has 0 atom stereocenters. The average Bonchev–Trinajstić information content (AvgIpc) is 3.29. The number of fused-ring (bicyclic) bond motifs is 1. The van der Waals surface area contributed by atoms with Crippen molar-refractivity contribution in [1.29, 1.82) is 0 Å². The molecule has 2 heterocycles. The quantitative estimate of drug-likeness (QED) is 0.455. The first-order chi connectivity index (χ1) is 16.2. The van der Waals surface area contributed by atoms with E-state index in [1.165, 1.54) is 24.8 Å². The van der Waals surface area contributed by atoms with Gasteiger partial charge in [-0.15, -0.1) is 5.10 Å². The minimum Gasteiger partial charge on any atom is -0.321 e. The molecule has 1 saturated carbocycles. The van der Waals surface area contributed by atoms with E-state index in [0.29, 0.717) is 25.7 Å². The predicted octanol–water partition coefficient (Wildman–Crippen LogP) is 4.53. The lowest BCUT2D eigenvalue weighted by Gasteiger charge is -2.25. The number of hydrogen-bond acceptors (Lipinski definition) is 5. The molecule has 0 saturated heterocycles. The van der Waals surface area contributed by atoms with Crippen LogP contribution in [0.5, 0.6) is 0 Å². The lowest BCUT2D eigenvalue weighted by molar-refractivity contribution is 0.225. The number of hydrogen-bond donors (Lipinski definition) is 1. The molecule has 4 aromatic rings. The molecule has 5 rings (SSSR count). The molecule has 1 aliphatic rings. The number of nitrogens with one attached hydrogen (secondary N) is 1. The molecule has 33 heavy (non-hydrogen) atoms. The van der Waals surface area contributed by atoms with Crippen molar-refractivity contribution in [1.82, 2.24) is 30.1 Å². The van der Waals surface area contributed by atoms with Crippen molar-refractivity contribution in [2.45, 2.75) is 64.7 Å². The van der Waals surface area contributed by atoms with Gasteiger partial charge < -0.3 is 4.98 Å². The van der Waals surface area contributed by atoms with E-state index in [-0.39, 0.29) is 5.56 Å². The van der Waals surface area contributed by atoms with Gasteiger partial charge in [0.1, 0.15) is 0 Å². The lowest BCUT2D eigenvalue weighted by atomic mass is 9.95. The van der Waals surface area contributed by atoms with Gasteiger partial charge in [0, 0.05) is 18.7 Å². The van der Waals surface area contributed by atoms with Crippen molar-refractivity contribution in [3.8, 4) is 0 Å². The number of nitrogens with zero attached hydrogens (tertiary/aromatic N) is 5. The number of H-pyrrole nitrogens is 1. The SMILES string of the molecule is Cc1cccc2cc(CN(Cc3ccccc3)Cc3nnnn3C3CCCCC3)c(=O)[nH]c12. The van der Waals surface area contributed by atoms with E-state index < -0.39 is 0 Å². The van der Waals surface area contributed by atoms with E-state index in [4.69, 9.17) is 0 Å². The smallest absolute Gasteiger partial charge is 0.252 e. The van der Waals surface area contributed by atoms with Crippen molar-refractivity contribution in [3.05, 3.63) is 87.5 Å². The monoisotopic (exact) mass is 442 g/mol. The molecule has 2 aromatic carbocycles. The van der Waals surface area contributed by atoms with E-state index in [1.54, 1.807) is 0 Å². The largest absolute Gasteiger partial charge is 0.321 e. The maximum absolute atomic E-state index is 13.0. The highest BCUT2D eigenvalue weighted by Crippen LogP contribution is 2.28. The van der Waals surface area contributed by atoms with Crippen molar-refractivity contribution in [2.24, 2.45) is 0 Å². The highest BCUT2D eigenvalue weighted by atomic mass is 16.1. The molecule has 0 bridgehead atoms. The van der Waals surface area contributed by atoms with Crippen LogP contribution in [0.15, 0.2) is 59.4 Å². The van der Waals surface area contributed by atoms with E-state index in [0.717, 1.165) is 40.7 Å². The Kier molecular flexibility index (Phi) is 6.30. The molecule has 1 N–H and O–H groups in total. The second-order valence-electron chi connectivity index (χ2n) is 9.13. The van der Waals surface area contributed by atoms with Gasteiger partial charge in [-0.25, -0.2) is 4.68 Å². The summed E-state index contributed by atoms with van der Waals surface area (Å²) in [5, 5.41) is 13.8. The summed E-state index contributed by atoms with van der Waals surface area (Å²) < 4.78 is 2.02. The van der Waals surface area contributed by atoms with E-state index >= 15 is 0 Å². The topological polar surface area (TPSA) is 79.7 Å². The van der Waals surface area contributed by atoms with Crippen LogP contribution in [-0.2, 0) is 19.6 Å². The second kappa shape index (κ2) is 9.67. The zero-order valence-electron chi connectivity index (χ0n) is 19.1. The van der Waals surface area contributed by atoms with Crippen LogP contribution in [0.4, 0.5) is 0 Å². The Hall–Kier alpha value is -3.32. The number of para-hydroxylation sites is 1. The first kappa shape index (κ1) is 21.5. The van der Waals surface area contributed by atoms with Gasteiger partial charge in [0.25, 0.3) is 5.56 Å². The molecule has 2 aromatic heterocycles. The van der Waals surface area contributed by atoms with Crippen molar-refractivity contribution in [2.75, 3.05) is 0 Å². The highest BCUT2D eigenvalue weighted by Gasteiger charge is 2.22. The van der Waals surface area contributed by atoms with Gasteiger partial charge in [0.05, 0.1) is 18.1 Å². The molecule has 1 fully saturated rings. The van der Waals surface area contributed by atoms with Gasteiger partial charge in [-0.3, -0.25) is 9.69 Å². The fourth-order valence-corrected chi connectivity index (χ4v) is 4.92. The zero-order valence-corrected chi connectivity index (χ0v) is 19.1. The molecule has 7 nitrogen and oxygen atoms in total. The molecular formula is C26H30N6O. The number of aromatic nitrogens is 5. The summed E-state index contributed by atoms with van der Waals surface area (Å²) in [7, 11) is 0. The molecule has 1 aliphatic carbocycles. The Balaban J connectivity index is 1.45. The fraction of sp³-hybridized carbons (Fsp3) is 0.385.